The maximum atomic E-state index is 11.1. The third-order valence-electron chi connectivity index (χ3n) is 2.85. The molecular formula is C14H16N2O4S. The number of aliphatic hydroxyl groups excluding tert-OH is 1. The van der Waals surface area contributed by atoms with Crippen LogP contribution in [0.4, 0.5) is 11.4 Å². The number of anilines is 1. The summed E-state index contributed by atoms with van der Waals surface area (Å²) in [5, 5.41) is 20.8. The smallest absolute Gasteiger partial charge is 0.323 e. The van der Waals surface area contributed by atoms with Gasteiger partial charge in [-0.05, 0) is 19.1 Å². The van der Waals surface area contributed by atoms with Crippen LogP contribution in [-0.4, -0.2) is 24.1 Å². The molecular weight excluding hydrogens is 292 g/mol. The SMILES string of the molecule is CC(O)c1cc([N+](=O)[O-])c(Oc2cccc(N(C)C)c2)s1. The van der Waals surface area contributed by atoms with Gasteiger partial charge >= 0.3 is 5.69 Å². The molecule has 0 aliphatic carbocycles. The van der Waals surface area contributed by atoms with Gasteiger partial charge in [-0.1, -0.05) is 17.4 Å². The molecule has 1 aromatic heterocycles. The summed E-state index contributed by atoms with van der Waals surface area (Å²) in [4.78, 5) is 13.0. The van der Waals surface area contributed by atoms with Crippen LogP contribution in [0, 0.1) is 10.1 Å². The van der Waals surface area contributed by atoms with Crippen LogP contribution in [0.3, 0.4) is 0 Å². The van der Waals surface area contributed by atoms with Crippen molar-refractivity contribution in [1.82, 2.24) is 0 Å². The van der Waals surface area contributed by atoms with E-state index in [9.17, 15) is 15.2 Å². The number of hydrogen-bond acceptors (Lipinski definition) is 6. The predicted molar refractivity (Wildman–Crippen MR) is 82.5 cm³/mol. The highest BCUT2D eigenvalue weighted by Gasteiger charge is 2.23. The number of rotatable bonds is 5. The third-order valence-corrected chi connectivity index (χ3v) is 4.02. The van der Waals surface area contributed by atoms with Crippen molar-refractivity contribution in [3.63, 3.8) is 0 Å². The van der Waals surface area contributed by atoms with Gasteiger partial charge in [0.1, 0.15) is 5.75 Å². The number of nitro groups is 1. The average Bonchev–Trinajstić information content (AvgIpc) is 2.83. The Balaban J connectivity index is 2.34. The molecule has 21 heavy (non-hydrogen) atoms. The largest absolute Gasteiger partial charge is 0.440 e. The number of aliphatic hydroxyl groups is 1. The van der Waals surface area contributed by atoms with Crippen LogP contribution in [0.5, 0.6) is 10.8 Å². The number of benzene rings is 1. The zero-order valence-corrected chi connectivity index (χ0v) is 12.8. The summed E-state index contributed by atoms with van der Waals surface area (Å²) in [5.41, 5.74) is 0.800. The van der Waals surface area contributed by atoms with Gasteiger partial charge in [0.15, 0.2) is 0 Å². The van der Waals surface area contributed by atoms with E-state index in [-0.39, 0.29) is 10.8 Å². The summed E-state index contributed by atoms with van der Waals surface area (Å²) in [5.74, 6) is 0.517. The first-order chi connectivity index (χ1) is 9.88. The Morgan fingerprint density at radius 3 is 2.67 bits per heavy atom. The molecule has 0 amide bonds. The lowest BCUT2D eigenvalue weighted by Gasteiger charge is -2.13. The Morgan fingerprint density at radius 2 is 2.10 bits per heavy atom. The van der Waals surface area contributed by atoms with Gasteiger partial charge in [0.05, 0.1) is 11.0 Å². The van der Waals surface area contributed by atoms with E-state index in [1.54, 1.807) is 19.1 Å². The normalized spacial score (nSPS) is 12.0. The molecule has 0 fully saturated rings. The summed E-state index contributed by atoms with van der Waals surface area (Å²) in [6, 6.07) is 8.61. The lowest BCUT2D eigenvalue weighted by atomic mass is 10.3. The standard InChI is InChI=1S/C14H16N2O4S/c1-9(17)13-8-12(16(18)19)14(21-13)20-11-6-4-5-10(7-11)15(2)3/h4-9,17H,1-3H3. The van der Waals surface area contributed by atoms with E-state index in [2.05, 4.69) is 0 Å². The summed E-state index contributed by atoms with van der Waals surface area (Å²) < 4.78 is 5.63. The fraction of sp³-hybridized carbons (Fsp3) is 0.286. The monoisotopic (exact) mass is 308 g/mol. The molecule has 1 N–H and O–H groups in total. The van der Waals surface area contributed by atoms with Gasteiger partial charge in [-0.3, -0.25) is 10.1 Å². The Kier molecular flexibility index (Phi) is 4.44. The van der Waals surface area contributed by atoms with Crippen molar-refractivity contribution in [3.05, 3.63) is 45.3 Å². The zero-order valence-electron chi connectivity index (χ0n) is 11.9. The Labute approximate surface area is 126 Å². The minimum atomic E-state index is -0.765. The number of ether oxygens (including phenoxy) is 1. The minimum Gasteiger partial charge on any atom is -0.440 e. The molecule has 2 aromatic rings. The summed E-state index contributed by atoms with van der Waals surface area (Å²) in [6.45, 7) is 1.56. The van der Waals surface area contributed by atoms with Crippen molar-refractivity contribution < 1.29 is 14.8 Å². The van der Waals surface area contributed by atoms with E-state index in [0.717, 1.165) is 17.0 Å². The quantitative estimate of drug-likeness (QED) is 0.675. The van der Waals surface area contributed by atoms with Gasteiger partial charge in [0, 0.05) is 36.8 Å². The van der Waals surface area contributed by atoms with Gasteiger partial charge < -0.3 is 14.7 Å². The van der Waals surface area contributed by atoms with Crippen LogP contribution >= 0.6 is 11.3 Å². The molecule has 1 atom stereocenters. The first kappa shape index (κ1) is 15.3. The second kappa shape index (κ2) is 6.11. The van der Waals surface area contributed by atoms with Gasteiger partial charge in [-0.15, -0.1) is 0 Å². The molecule has 112 valence electrons. The first-order valence-electron chi connectivity index (χ1n) is 6.30. The van der Waals surface area contributed by atoms with Crippen molar-refractivity contribution in [1.29, 1.82) is 0 Å². The molecule has 6 nitrogen and oxygen atoms in total. The second-order valence-electron chi connectivity index (χ2n) is 4.75. The Hall–Kier alpha value is -2.12. The first-order valence-corrected chi connectivity index (χ1v) is 7.11. The van der Waals surface area contributed by atoms with Gasteiger partial charge in [0.25, 0.3) is 5.06 Å². The molecule has 0 saturated heterocycles. The van der Waals surface area contributed by atoms with E-state index in [1.807, 2.05) is 31.1 Å². The molecule has 2 rings (SSSR count). The van der Waals surface area contributed by atoms with Crippen LogP contribution in [-0.2, 0) is 0 Å². The molecule has 1 unspecified atom stereocenters. The Morgan fingerprint density at radius 1 is 1.38 bits per heavy atom. The van der Waals surface area contributed by atoms with Crippen molar-refractivity contribution in [2.75, 3.05) is 19.0 Å². The molecule has 0 aliphatic heterocycles. The molecule has 1 aromatic carbocycles. The van der Waals surface area contributed by atoms with Crippen molar-refractivity contribution >= 4 is 22.7 Å². The highest BCUT2D eigenvalue weighted by Crippen LogP contribution is 2.42. The van der Waals surface area contributed by atoms with Crippen LogP contribution in [0.15, 0.2) is 30.3 Å². The fourth-order valence-electron chi connectivity index (χ4n) is 1.72. The zero-order chi connectivity index (χ0) is 15.6. The van der Waals surface area contributed by atoms with Crippen LogP contribution in [0.2, 0.25) is 0 Å². The molecule has 0 spiro atoms. The van der Waals surface area contributed by atoms with Gasteiger partial charge in [-0.25, -0.2) is 0 Å². The van der Waals surface area contributed by atoms with E-state index in [4.69, 9.17) is 4.74 Å². The molecule has 7 heteroatoms. The number of nitrogens with zero attached hydrogens (tertiary/aromatic N) is 2. The van der Waals surface area contributed by atoms with E-state index < -0.39 is 11.0 Å². The van der Waals surface area contributed by atoms with Gasteiger partial charge in [-0.2, -0.15) is 0 Å². The third kappa shape index (κ3) is 3.50. The van der Waals surface area contributed by atoms with Crippen molar-refractivity contribution in [3.8, 4) is 10.8 Å². The molecule has 0 aliphatic rings. The van der Waals surface area contributed by atoms with Crippen LogP contribution in [0.25, 0.3) is 0 Å². The van der Waals surface area contributed by atoms with Crippen molar-refractivity contribution in [2.24, 2.45) is 0 Å². The fourth-order valence-corrected chi connectivity index (χ4v) is 2.65. The molecule has 0 saturated carbocycles. The average molecular weight is 308 g/mol. The lowest BCUT2D eigenvalue weighted by Crippen LogP contribution is -2.08. The number of thiophene rings is 1. The van der Waals surface area contributed by atoms with Crippen LogP contribution < -0.4 is 9.64 Å². The summed E-state index contributed by atoms with van der Waals surface area (Å²) in [6.07, 6.45) is -0.765. The van der Waals surface area contributed by atoms with Crippen LogP contribution in [0.1, 0.15) is 17.9 Å². The molecule has 0 radical (unpaired) electrons. The van der Waals surface area contributed by atoms with E-state index >= 15 is 0 Å². The maximum Gasteiger partial charge on any atom is 0.323 e. The minimum absolute atomic E-state index is 0.133. The number of hydrogen-bond donors (Lipinski definition) is 1. The summed E-state index contributed by atoms with van der Waals surface area (Å²) >= 11 is 1.08. The highest BCUT2D eigenvalue weighted by molar-refractivity contribution is 7.14. The van der Waals surface area contributed by atoms with E-state index in [1.165, 1.54) is 6.07 Å². The lowest BCUT2D eigenvalue weighted by molar-refractivity contribution is -0.385. The molecule has 0 bridgehead atoms. The second-order valence-corrected chi connectivity index (χ2v) is 5.79. The van der Waals surface area contributed by atoms with E-state index in [0.29, 0.717) is 10.6 Å². The van der Waals surface area contributed by atoms with Crippen molar-refractivity contribution in [2.45, 2.75) is 13.0 Å². The van der Waals surface area contributed by atoms with Gasteiger partial charge in [0.2, 0.25) is 0 Å². The maximum absolute atomic E-state index is 11.1. The topological polar surface area (TPSA) is 75.8 Å². The summed E-state index contributed by atoms with van der Waals surface area (Å²) in [7, 11) is 3.80. The Bertz CT molecular complexity index is 652. The molecule has 1 heterocycles. The predicted octanol–water partition coefficient (Wildman–Crippen LogP) is 3.57. The highest BCUT2D eigenvalue weighted by atomic mass is 32.1.